The second-order valence-corrected chi connectivity index (χ2v) is 16.0. The van der Waals surface area contributed by atoms with Gasteiger partial charge >= 0.3 is 13.8 Å². The summed E-state index contributed by atoms with van der Waals surface area (Å²) in [5, 5.41) is 23.5. The highest BCUT2D eigenvalue weighted by Crippen LogP contribution is 2.35. The molecule has 0 fully saturated rings. The molecule has 342 valence electrons. The van der Waals surface area contributed by atoms with Gasteiger partial charge in [0.2, 0.25) is 41.4 Å². The van der Waals surface area contributed by atoms with E-state index in [1.807, 2.05) is 0 Å². The van der Waals surface area contributed by atoms with Crippen molar-refractivity contribution in [2.75, 3.05) is 13.2 Å². The quantitative estimate of drug-likeness (QED) is 0.0107. The van der Waals surface area contributed by atoms with Crippen LogP contribution in [-0.2, 0) is 52.2 Å². The Morgan fingerprint density at radius 1 is 0.650 bits per heavy atom. The largest absolute Gasteiger partial charge is 0.481 e. The number of phosphoric ester groups is 1. The molecule has 17 N–H and O–H groups in total. The van der Waals surface area contributed by atoms with Gasteiger partial charge in [0.05, 0.1) is 18.7 Å². The van der Waals surface area contributed by atoms with Gasteiger partial charge in [-0.25, -0.2) is 4.57 Å². The van der Waals surface area contributed by atoms with Gasteiger partial charge in [0.1, 0.15) is 36.5 Å². The molecule has 0 unspecified atom stereocenters. The van der Waals surface area contributed by atoms with Crippen LogP contribution in [0.4, 0.5) is 0 Å². The lowest BCUT2D eigenvalue weighted by Crippen LogP contribution is -2.60. The molecule has 0 saturated heterocycles. The minimum atomic E-state index is -5.23. The Hall–Kier alpha value is -5.23. The highest BCUT2D eigenvalue weighted by molar-refractivity contribution is 7.46. The fourth-order valence-electron chi connectivity index (χ4n) is 5.22. The van der Waals surface area contributed by atoms with Crippen molar-refractivity contribution < 1.29 is 67.1 Å². The van der Waals surface area contributed by atoms with Crippen LogP contribution in [0.5, 0.6) is 0 Å². The van der Waals surface area contributed by atoms with Crippen molar-refractivity contribution in [1.29, 1.82) is 0 Å². The summed E-state index contributed by atoms with van der Waals surface area (Å²) in [6, 6.07) is -9.93. The summed E-state index contributed by atoms with van der Waals surface area (Å²) in [5.74, 6) is -8.81. The van der Waals surface area contributed by atoms with Gasteiger partial charge in [0.15, 0.2) is 5.96 Å². The van der Waals surface area contributed by atoms with Crippen molar-refractivity contribution >= 4 is 67.4 Å². The predicted octanol–water partition coefficient (Wildman–Crippen LogP) is -4.17. The van der Waals surface area contributed by atoms with Crippen molar-refractivity contribution in [3.05, 3.63) is 0 Å². The van der Waals surface area contributed by atoms with E-state index >= 15 is 0 Å². The highest BCUT2D eigenvalue weighted by atomic mass is 31.2. The number of rotatable bonds is 30. The van der Waals surface area contributed by atoms with Gasteiger partial charge in [-0.3, -0.25) is 47.9 Å². The molecule has 0 aromatic carbocycles. The fourth-order valence-corrected chi connectivity index (χ4v) is 5.56. The minimum absolute atomic E-state index is 0.0578. The second kappa shape index (κ2) is 27.5. The van der Waals surface area contributed by atoms with Crippen LogP contribution in [0.15, 0.2) is 4.99 Å². The molecule has 0 aliphatic heterocycles. The molecular formula is C34H62N11O14P. The van der Waals surface area contributed by atoms with Crippen molar-refractivity contribution in [2.24, 2.45) is 39.8 Å². The first-order valence-corrected chi connectivity index (χ1v) is 20.6. The van der Waals surface area contributed by atoms with Gasteiger partial charge < -0.3 is 74.5 Å². The Bertz CT molecular complexity index is 1570. The SMILES string of the molecule is CC(C)C[C@H](NC(=O)[C@H](C)N)C(=O)N[C@@H](COP(=O)(O)O)C(=O)N[C@@H](CC(C)C)C(=O)N[C@@H](CCC(N)=O)C(=O)N[C@@H](CCC(=O)O)C(=O)N[C@H](C=O)CCCN=C(N)N. The average molecular weight is 880 g/mol. The maximum atomic E-state index is 13.8. The van der Waals surface area contributed by atoms with Crippen LogP contribution >= 0.6 is 7.82 Å². The number of hydrogen-bond donors (Lipinski definition) is 13. The number of carbonyl (C=O) groups excluding carboxylic acids is 8. The summed E-state index contributed by atoms with van der Waals surface area (Å²) in [7, 11) is -5.23. The minimum Gasteiger partial charge on any atom is -0.481 e. The van der Waals surface area contributed by atoms with Gasteiger partial charge in [-0.2, -0.15) is 0 Å². The first-order valence-electron chi connectivity index (χ1n) is 19.0. The third kappa shape index (κ3) is 24.6. The zero-order valence-corrected chi connectivity index (χ0v) is 35.3. The molecule has 0 aromatic rings. The van der Waals surface area contributed by atoms with Gasteiger partial charge in [0, 0.05) is 19.4 Å². The maximum Gasteiger partial charge on any atom is 0.469 e. The molecule has 0 rings (SSSR count). The van der Waals surface area contributed by atoms with Gasteiger partial charge in [-0.05, 0) is 57.3 Å². The topological polar surface area (TPSA) is 429 Å². The summed E-state index contributed by atoms with van der Waals surface area (Å²) < 4.78 is 16.1. The molecule has 7 amide bonds. The molecule has 60 heavy (non-hydrogen) atoms. The van der Waals surface area contributed by atoms with Gasteiger partial charge in [-0.1, -0.05) is 27.7 Å². The number of amides is 7. The lowest BCUT2D eigenvalue weighted by Gasteiger charge is -2.28. The average Bonchev–Trinajstić information content (AvgIpc) is 3.12. The Balaban J connectivity index is 6.51. The number of aliphatic imine (C=N–C) groups is 1. The predicted molar refractivity (Wildman–Crippen MR) is 213 cm³/mol. The Labute approximate surface area is 347 Å². The number of primary amides is 1. The number of carbonyl (C=O) groups is 9. The Morgan fingerprint density at radius 2 is 1.07 bits per heavy atom. The molecule has 0 radical (unpaired) electrons. The Morgan fingerprint density at radius 3 is 1.48 bits per heavy atom. The molecule has 0 bridgehead atoms. The van der Waals surface area contributed by atoms with E-state index in [4.69, 9.17) is 22.9 Å². The van der Waals surface area contributed by atoms with E-state index in [1.54, 1.807) is 27.7 Å². The van der Waals surface area contributed by atoms with E-state index in [-0.39, 0.29) is 50.0 Å². The van der Waals surface area contributed by atoms with Crippen LogP contribution in [-0.4, -0.2) is 130 Å². The number of carboxylic acids is 1. The normalized spacial score (nSPS) is 14.8. The number of aliphatic carboxylic acids is 1. The monoisotopic (exact) mass is 879 g/mol. The number of hydrogen-bond acceptors (Lipinski definition) is 13. The van der Waals surface area contributed by atoms with Crippen LogP contribution < -0.4 is 54.8 Å². The summed E-state index contributed by atoms with van der Waals surface area (Å²) in [4.78, 5) is 137. The van der Waals surface area contributed by atoms with E-state index < -0.39 is 130 Å². The van der Waals surface area contributed by atoms with Crippen molar-refractivity contribution in [2.45, 2.75) is 128 Å². The van der Waals surface area contributed by atoms with Crippen LogP contribution in [0, 0.1) is 11.8 Å². The zero-order valence-electron chi connectivity index (χ0n) is 34.4. The summed E-state index contributed by atoms with van der Waals surface area (Å²) in [6.45, 7) is 7.20. The smallest absolute Gasteiger partial charge is 0.469 e. The molecule has 0 spiro atoms. The van der Waals surface area contributed by atoms with Crippen molar-refractivity contribution in [1.82, 2.24) is 31.9 Å². The lowest BCUT2D eigenvalue weighted by atomic mass is 10.0. The van der Waals surface area contributed by atoms with E-state index in [0.29, 0.717) is 6.29 Å². The number of nitrogens with one attached hydrogen (secondary N) is 6. The third-order valence-electron chi connectivity index (χ3n) is 8.19. The lowest BCUT2D eigenvalue weighted by molar-refractivity contribution is -0.138. The molecule has 26 heteroatoms. The molecule has 25 nitrogen and oxygen atoms in total. The number of carboxylic acid groups (broad SMARTS) is 1. The second-order valence-electron chi connectivity index (χ2n) is 14.8. The van der Waals surface area contributed by atoms with Gasteiger partial charge in [-0.15, -0.1) is 0 Å². The molecule has 0 aromatic heterocycles. The first kappa shape index (κ1) is 54.8. The fraction of sp³-hybridized carbons (Fsp3) is 0.706. The summed E-state index contributed by atoms with van der Waals surface area (Å²) >= 11 is 0. The summed E-state index contributed by atoms with van der Waals surface area (Å²) in [6.07, 6.45) is -1.31. The number of phosphoric acid groups is 1. The standard InChI is InChI=1S/C34H62N11O14P/c1-17(2)13-23(43-28(50)19(5)35)32(54)45-25(16-59-60(56,57)58)33(55)44-24(14-18(3)4)31(53)42-21(8-10-26(36)47)30(52)41-22(9-11-27(48)49)29(51)40-20(15-46)7-6-12-39-34(37)38/h15,17-25H,6-14,16,35H2,1-5H3,(H2,36,47)(H,40,51)(H,41,52)(H,42,53)(H,43,50)(H,44,55)(H,45,54)(H,48,49)(H4,37,38,39)(H2,56,57,58)/t19-,20-,21-,22-,23-,24-,25-/m0/s1. The molecular weight excluding hydrogens is 817 g/mol. The van der Waals surface area contributed by atoms with Crippen molar-refractivity contribution in [3.63, 3.8) is 0 Å². The van der Waals surface area contributed by atoms with Crippen LogP contribution in [0.1, 0.15) is 86.0 Å². The molecule has 0 aliphatic carbocycles. The molecule has 7 atom stereocenters. The van der Waals surface area contributed by atoms with E-state index in [1.165, 1.54) is 6.92 Å². The highest BCUT2D eigenvalue weighted by Gasteiger charge is 2.35. The third-order valence-corrected chi connectivity index (χ3v) is 8.67. The molecule has 0 saturated carbocycles. The summed E-state index contributed by atoms with van der Waals surface area (Å²) in [5.41, 5.74) is 21.5. The van der Waals surface area contributed by atoms with E-state index in [0.717, 1.165) is 0 Å². The first-order chi connectivity index (χ1) is 27.8. The maximum absolute atomic E-state index is 13.8. The molecule has 0 aliphatic rings. The Kier molecular flexibility index (Phi) is 25.1. The van der Waals surface area contributed by atoms with E-state index in [2.05, 4.69) is 41.4 Å². The van der Waals surface area contributed by atoms with Crippen LogP contribution in [0.3, 0.4) is 0 Å². The van der Waals surface area contributed by atoms with E-state index in [9.17, 15) is 62.6 Å². The number of nitrogens with zero attached hydrogens (tertiary/aromatic N) is 1. The number of nitrogens with two attached hydrogens (primary N) is 4. The van der Waals surface area contributed by atoms with Crippen LogP contribution in [0.25, 0.3) is 0 Å². The number of guanidine groups is 1. The molecule has 0 heterocycles. The van der Waals surface area contributed by atoms with Gasteiger partial charge in [0.25, 0.3) is 0 Å². The van der Waals surface area contributed by atoms with Crippen molar-refractivity contribution in [3.8, 4) is 0 Å². The number of aldehydes is 1. The zero-order chi connectivity index (χ0) is 46.3. The van der Waals surface area contributed by atoms with Crippen LogP contribution in [0.2, 0.25) is 0 Å².